The van der Waals surface area contributed by atoms with Gasteiger partial charge in [0.2, 0.25) is 42.0 Å². The predicted molar refractivity (Wildman–Crippen MR) is 149 cm³/mol. The van der Waals surface area contributed by atoms with Crippen molar-refractivity contribution < 1.29 is 43.8 Å². The van der Waals surface area contributed by atoms with Gasteiger partial charge < -0.3 is 64.6 Å². The van der Waals surface area contributed by atoms with Crippen LogP contribution in [0.25, 0.3) is 0 Å². The van der Waals surface area contributed by atoms with Crippen LogP contribution < -0.4 is 66.1 Å². The van der Waals surface area contributed by atoms with Crippen molar-refractivity contribution in [2.75, 3.05) is 32.7 Å². The van der Waals surface area contributed by atoms with Gasteiger partial charge in [-0.15, -0.1) is 0 Å². The molecule has 0 aromatic rings. The molecule has 0 aliphatic carbocycles. The summed E-state index contributed by atoms with van der Waals surface area (Å²) in [6.07, 6.45) is -4.39. The molecule has 246 valence electrons. The smallest absolute Gasteiger partial charge is 0.270 e. The lowest BCUT2D eigenvalue weighted by atomic mass is 10.1. The average Bonchev–Trinajstić information content (AvgIpc) is 2.97. The van der Waals surface area contributed by atoms with Crippen LogP contribution in [0.3, 0.4) is 0 Å². The predicted octanol–water partition coefficient (Wildman–Crippen LogP) is -8.80. The Morgan fingerprint density at radius 3 is 1.56 bits per heavy atom. The molecule has 0 aromatic heterocycles. The molecule has 5 unspecified atom stereocenters. The fourth-order valence-electron chi connectivity index (χ4n) is 3.51. The molecule has 19 N–H and O–H groups in total. The van der Waals surface area contributed by atoms with E-state index in [1.165, 1.54) is 0 Å². The third-order valence-electron chi connectivity index (χ3n) is 5.66. The molecule has 1 fully saturated rings. The second kappa shape index (κ2) is 21.7. The maximum Gasteiger partial charge on any atom is 0.270 e. The average molecular weight is 621 g/mol. The van der Waals surface area contributed by atoms with Crippen molar-refractivity contribution in [1.29, 1.82) is 0 Å². The van der Waals surface area contributed by atoms with Gasteiger partial charge in [0.1, 0.15) is 18.1 Å². The first kappa shape index (κ1) is 39.0. The van der Waals surface area contributed by atoms with Crippen LogP contribution in [0.2, 0.25) is 0 Å². The SMILES string of the molecule is NCCC1NC(=O)CCCNC(=O)C(O)NC(=O)C(CCN)NC(=O)C(CCN)NC(=O)C(O)NC(=O)CNC1=O.NN. The molecular formula is C22H44N12O9. The number of hydrogen-bond acceptors (Lipinski definition) is 14. The molecule has 1 aliphatic heterocycles. The van der Waals surface area contributed by atoms with E-state index in [-0.39, 0.29) is 58.3 Å². The van der Waals surface area contributed by atoms with Crippen LogP contribution in [0.4, 0.5) is 0 Å². The second-order valence-corrected chi connectivity index (χ2v) is 8.97. The summed E-state index contributed by atoms with van der Waals surface area (Å²) >= 11 is 0. The maximum atomic E-state index is 12.8. The van der Waals surface area contributed by atoms with Gasteiger partial charge in [0.15, 0.2) is 0 Å². The molecule has 0 aromatic carbocycles. The molecule has 21 nitrogen and oxygen atoms in total. The van der Waals surface area contributed by atoms with Crippen molar-refractivity contribution in [3.8, 4) is 0 Å². The molecule has 0 bridgehead atoms. The quantitative estimate of drug-likeness (QED) is 0.0968. The minimum absolute atomic E-state index is 0.0206. The first-order valence-corrected chi connectivity index (χ1v) is 13.3. The summed E-state index contributed by atoms with van der Waals surface area (Å²) in [5, 5.41) is 35.7. The number of hydrazine groups is 1. The molecule has 0 spiro atoms. The number of aliphatic hydroxyl groups excluding tert-OH is 2. The largest absolute Gasteiger partial charge is 0.365 e. The number of nitrogens with one attached hydrogen (secondary N) is 7. The van der Waals surface area contributed by atoms with Gasteiger partial charge in [-0.05, 0) is 45.3 Å². The zero-order valence-electron chi connectivity index (χ0n) is 23.6. The summed E-state index contributed by atoms with van der Waals surface area (Å²) < 4.78 is 0. The van der Waals surface area contributed by atoms with Gasteiger partial charge in [-0.1, -0.05) is 0 Å². The Labute approximate surface area is 247 Å². The third kappa shape index (κ3) is 15.2. The number of hydrogen-bond donors (Lipinski definition) is 14. The van der Waals surface area contributed by atoms with Gasteiger partial charge in [-0.3, -0.25) is 45.2 Å². The maximum absolute atomic E-state index is 12.8. The molecule has 0 radical (unpaired) electrons. The lowest BCUT2D eigenvalue weighted by Gasteiger charge is -2.24. The number of amides is 7. The highest BCUT2D eigenvalue weighted by molar-refractivity contribution is 5.95. The first-order chi connectivity index (χ1) is 20.4. The van der Waals surface area contributed by atoms with E-state index in [1.807, 2.05) is 10.6 Å². The lowest BCUT2D eigenvalue weighted by Crippen LogP contribution is -2.59. The zero-order valence-corrected chi connectivity index (χ0v) is 23.6. The Bertz CT molecular complexity index is 955. The summed E-state index contributed by atoms with van der Waals surface area (Å²) in [6.45, 7) is -0.896. The molecule has 5 atom stereocenters. The van der Waals surface area contributed by atoms with Crippen LogP contribution >= 0.6 is 0 Å². The molecule has 43 heavy (non-hydrogen) atoms. The second-order valence-electron chi connectivity index (χ2n) is 8.97. The van der Waals surface area contributed by atoms with Crippen LogP contribution in [0.5, 0.6) is 0 Å². The lowest BCUT2D eigenvalue weighted by molar-refractivity contribution is -0.140. The van der Waals surface area contributed by atoms with Gasteiger partial charge in [-0.25, -0.2) is 0 Å². The molecular weight excluding hydrogens is 576 g/mol. The van der Waals surface area contributed by atoms with Crippen molar-refractivity contribution in [2.45, 2.75) is 62.7 Å². The van der Waals surface area contributed by atoms with Gasteiger partial charge >= 0.3 is 0 Å². The number of rotatable bonds is 6. The first-order valence-electron chi connectivity index (χ1n) is 13.3. The number of aliphatic hydroxyl groups is 2. The van der Waals surface area contributed by atoms with Crippen LogP contribution in [0.15, 0.2) is 0 Å². The van der Waals surface area contributed by atoms with E-state index in [4.69, 9.17) is 17.2 Å². The monoisotopic (exact) mass is 620 g/mol. The molecule has 1 heterocycles. The zero-order chi connectivity index (χ0) is 32.9. The van der Waals surface area contributed by atoms with E-state index >= 15 is 0 Å². The third-order valence-corrected chi connectivity index (χ3v) is 5.66. The Kier molecular flexibility index (Phi) is 19.7. The summed E-state index contributed by atoms with van der Waals surface area (Å²) in [5.41, 5.74) is 16.5. The van der Waals surface area contributed by atoms with Gasteiger partial charge in [0.25, 0.3) is 11.8 Å². The highest BCUT2D eigenvalue weighted by Crippen LogP contribution is 1.99. The van der Waals surface area contributed by atoms with Crippen molar-refractivity contribution in [3.63, 3.8) is 0 Å². The number of nitrogens with two attached hydrogens (primary N) is 5. The Morgan fingerprint density at radius 1 is 0.558 bits per heavy atom. The van der Waals surface area contributed by atoms with Crippen molar-refractivity contribution >= 4 is 41.4 Å². The Morgan fingerprint density at radius 2 is 1.02 bits per heavy atom. The van der Waals surface area contributed by atoms with Crippen molar-refractivity contribution in [3.05, 3.63) is 0 Å². The highest BCUT2D eigenvalue weighted by atomic mass is 16.3. The van der Waals surface area contributed by atoms with Crippen LogP contribution in [0.1, 0.15) is 32.1 Å². The summed E-state index contributed by atoms with van der Waals surface area (Å²) in [4.78, 5) is 87.0. The van der Waals surface area contributed by atoms with E-state index in [9.17, 15) is 43.8 Å². The molecule has 1 aliphatic rings. The molecule has 1 rings (SSSR count). The summed E-state index contributed by atoms with van der Waals surface area (Å²) in [5.74, 6) is 1.66. The summed E-state index contributed by atoms with van der Waals surface area (Å²) in [7, 11) is 0. The van der Waals surface area contributed by atoms with E-state index in [0.29, 0.717) is 0 Å². The Hall–Kier alpha value is -3.99. The number of carbonyl (C=O) groups excluding carboxylic acids is 7. The van der Waals surface area contributed by atoms with Gasteiger partial charge in [-0.2, -0.15) is 0 Å². The molecule has 1 saturated heterocycles. The number of carbonyl (C=O) groups is 7. The van der Waals surface area contributed by atoms with Crippen LogP contribution in [-0.4, -0.2) is 115 Å². The Balaban J connectivity index is 0.00000862. The van der Waals surface area contributed by atoms with Crippen LogP contribution in [0, 0.1) is 0 Å². The minimum atomic E-state index is -2.13. The van der Waals surface area contributed by atoms with E-state index < -0.39 is 78.5 Å². The highest BCUT2D eigenvalue weighted by Gasteiger charge is 2.30. The van der Waals surface area contributed by atoms with Gasteiger partial charge in [0, 0.05) is 13.0 Å². The normalized spacial score (nSPS) is 25.7. The van der Waals surface area contributed by atoms with Crippen molar-refractivity contribution in [2.24, 2.45) is 28.9 Å². The van der Waals surface area contributed by atoms with E-state index in [0.717, 1.165) is 0 Å². The van der Waals surface area contributed by atoms with E-state index in [2.05, 4.69) is 38.3 Å². The van der Waals surface area contributed by atoms with E-state index in [1.54, 1.807) is 0 Å². The minimum Gasteiger partial charge on any atom is -0.365 e. The summed E-state index contributed by atoms with van der Waals surface area (Å²) in [6, 6.07) is -3.78. The standard InChI is InChI=1S/C22H40N10O9.H4N2/c23-6-3-11-16(35)27-10-15(34)31-22(41)21(40)30-12(4-7-24)17(36)29-13(5-8-25)18(37)32-20(39)19(38)26-9-1-2-14(33)28-11;1-2/h11-13,20,22,39,41H,1-10,23-25H2,(H,26,38)(H,27,35)(H,28,33)(H,29,36)(H,30,40)(H,31,34)(H,32,37);1-2H2. The van der Waals surface area contributed by atoms with Gasteiger partial charge in [0.05, 0.1) is 6.54 Å². The fraction of sp³-hybridized carbons (Fsp3) is 0.682. The fourth-order valence-corrected chi connectivity index (χ4v) is 3.51. The molecule has 21 heteroatoms. The molecule has 0 saturated carbocycles. The van der Waals surface area contributed by atoms with Crippen molar-refractivity contribution in [1.82, 2.24) is 37.2 Å². The van der Waals surface area contributed by atoms with Crippen LogP contribution in [-0.2, 0) is 33.6 Å². The molecule has 7 amide bonds. The topological polar surface area (TPSA) is 374 Å².